The number of aliphatic carboxylic acids is 2. The third-order valence-electron chi connectivity index (χ3n) is 14.2. The molecular formula is C112H235ClN12O9S2. The van der Waals surface area contributed by atoms with Crippen molar-refractivity contribution < 1.29 is 44.7 Å². The Morgan fingerprint density at radius 1 is 0.478 bits per heavy atom. The van der Waals surface area contributed by atoms with Crippen LogP contribution in [0.25, 0.3) is 10.9 Å². The number of carboxylic acid groups (broad SMARTS) is 2. The summed E-state index contributed by atoms with van der Waals surface area (Å²) in [5, 5.41) is 42.3. The first kappa shape index (κ1) is 178. The number of primary amides is 2. The third kappa shape index (κ3) is 260. The summed E-state index contributed by atoms with van der Waals surface area (Å²) in [6.07, 6.45) is 37.3. The molecule has 0 bridgehead atoms. The van der Waals surface area contributed by atoms with E-state index in [0.29, 0.717) is 25.0 Å². The highest BCUT2D eigenvalue weighted by Gasteiger charge is 1.99. The molecule has 0 radical (unpaired) electrons. The molecule has 2 heterocycles. The number of carbonyl (C=O) groups is 4. The van der Waals surface area contributed by atoms with Crippen LogP contribution in [0.2, 0.25) is 5.02 Å². The van der Waals surface area contributed by atoms with Gasteiger partial charge >= 0.3 is 11.9 Å². The van der Waals surface area contributed by atoms with E-state index < -0.39 is 11.9 Å². The number of aliphatic hydroxyl groups is 2. The summed E-state index contributed by atoms with van der Waals surface area (Å²) in [6.45, 7) is 78.5. The fourth-order valence-corrected chi connectivity index (χ4v) is 6.71. The van der Waals surface area contributed by atoms with Crippen molar-refractivity contribution in [3.63, 3.8) is 0 Å². The number of aromatic nitrogens is 3. The van der Waals surface area contributed by atoms with Gasteiger partial charge in [-0.05, 0) is 212 Å². The molecule has 0 unspecified atom stereocenters. The van der Waals surface area contributed by atoms with Gasteiger partial charge in [0.25, 0.3) is 0 Å². The first-order chi connectivity index (χ1) is 63.9. The van der Waals surface area contributed by atoms with Gasteiger partial charge < -0.3 is 81.4 Å². The number of nitrogens with zero attached hydrogens (tertiary/aromatic N) is 2. The van der Waals surface area contributed by atoms with Crippen LogP contribution in [0, 0.1) is 17.8 Å². The van der Waals surface area contributed by atoms with E-state index in [-0.39, 0.29) is 44.3 Å². The zero-order valence-corrected chi connectivity index (χ0v) is 97.4. The fourth-order valence-electron chi connectivity index (χ4n) is 6.09. The van der Waals surface area contributed by atoms with Crippen LogP contribution >= 0.6 is 36.0 Å². The zero-order chi connectivity index (χ0) is 110. The lowest BCUT2D eigenvalue weighted by molar-refractivity contribution is -0.137. The van der Waals surface area contributed by atoms with Gasteiger partial charge in [0.2, 0.25) is 11.8 Å². The second-order valence-corrected chi connectivity index (χ2v) is 32.6. The highest BCUT2D eigenvalue weighted by atomic mass is 35.5. The highest BCUT2D eigenvalue weighted by molar-refractivity contribution is 7.98. The molecule has 24 heteroatoms. The van der Waals surface area contributed by atoms with Crippen molar-refractivity contribution in [2.75, 3.05) is 57.1 Å². The number of thioether (sulfide) groups is 1. The first-order valence-electron chi connectivity index (χ1n) is 51.3. The van der Waals surface area contributed by atoms with Crippen molar-refractivity contribution >= 4 is 76.6 Å². The minimum Gasteiger partial charge on any atom is -0.508 e. The van der Waals surface area contributed by atoms with E-state index in [2.05, 4.69) is 278 Å². The molecule has 0 fully saturated rings. The molecule has 2 aromatic heterocycles. The number of aryl methyl sites for hydroxylation is 5. The van der Waals surface area contributed by atoms with Gasteiger partial charge in [0, 0.05) is 79.0 Å². The quantitative estimate of drug-likeness (QED) is 0.00985. The number of hydrogen-bond donors (Lipinski definition) is 16. The predicted molar refractivity (Wildman–Crippen MR) is 625 cm³/mol. The Labute approximate surface area is 859 Å². The number of aliphatic hydroxyl groups excluding tert-OH is 2. The normalized spacial score (nSPS) is 8.48. The molecule has 0 saturated carbocycles. The number of thiol groups is 1. The topological polar surface area (TPSA) is 434 Å². The monoisotopic (exact) mass is 1990 g/mol. The molecular weight excluding hydrogens is 1760 g/mol. The largest absolute Gasteiger partial charge is 0.508 e. The summed E-state index contributed by atoms with van der Waals surface area (Å²) in [5.74, 6) is 3.47. The van der Waals surface area contributed by atoms with Crippen molar-refractivity contribution in [2.45, 2.75) is 443 Å². The van der Waals surface area contributed by atoms with Gasteiger partial charge in [-0.15, -0.1) is 0 Å². The first-order valence-corrected chi connectivity index (χ1v) is 53.7. The van der Waals surface area contributed by atoms with Crippen molar-refractivity contribution in [1.82, 2.24) is 15.0 Å². The van der Waals surface area contributed by atoms with Gasteiger partial charge in [0.1, 0.15) is 5.75 Å². The number of amides is 2. The fraction of sp³-hybridized carbons (Fsp3) is 0.696. The number of imidazole rings is 1. The number of halogens is 1. The Bertz CT molecular complexity index is 2840. The van der Waals surface area contributed by atoms with Crippen LogP contribution in [0.5, 0.6) is 5.75 Å². The molecule has 136 heavy (non-hydrogen) atoms. The average Bonchev–Trinajstić information content (AvgIpc) is 1.70. The molecule has 0 atom stereocenters. The van der Waals surface area contributed by atoms with Crippen LogP contribution in [-0.2, 0) is 51.3 Å². The van der Waals surface area contributed by atoms with Gasteiger partial charge in [-0.25, -0.2) is 4.98 Å². The number of benzene rings is 4. The van der Waals surface area contributed by atoms with E-state index in [0.717, 1.165) is 125 Å². The highest BCUT2D eigenvalue weighted by Crippen LogP contribution is 2.18. The maximum absolute atomic E-state index is 9.82. The summed E-state index contributed by atoms with van der Waals surface area (Å²) in [4.78, 5) is 52.2. The molecule has 23 N–H and O–H groups in total. The predicted octanol–water partition coefficient (Wildman–Crippen LogP) is 30.5. The molecule has 816 valence electrons. The second kappa shape index (κ2) is 177. The van der Waals surface area contributed by atoms with Crippen molar-refractivity contribution in [3.05, 3.63) is 155 Å². The van der Waals surface area contributed by atoms with E-state index in [1.165, 1.54) is 134 Å². The number of carboxylic acids is 2. The average molecular weight is 1990 g/mol. The minimum absolute atomic E-state index is 0. The molecule has 0 spiro atoms. The smallest absolute Gasteiger partial charge is 0.303 e. The summed E-state index contributed by atoms with van der Waals surface area (Å²) < 4.78 is 0. The summed E-state index contributed by atoms with van der Waals surface area (Å²) >= 11 is 11.4. The molecule has 4 aromatic carbocycles. The zero-order valence-electron chi connectivity index (χ0n) is 94.9. The SMILES string of the molecule is C.CC.CC(C)C.CC(C)O.CCC.CCC(=O)O.CCC(C)C.CCC(C)C.CCC(N)=O.CCCC.CCCC(=O)O.CCCC(N)=O.CCCCC.CCCCCN.CCCCN.CCCCN=C(N)N.CCCN.CCCSC.CCN.CCO.CCS.CCc1c[nH]c2ccccc12.CCc1ccc(O)cc1.CCc1cccc(Cl)c1.CCc1ccccc1.CCc1cnc[nH]1. The van der Waals surface area contributed by atoms with Crippen molar-refractivity contribution in [1.29, 1.82) is 0 Å². The molecule has 6 rings (SSSR count). The lowest BCUT2D eigenvalue weighted by Gasteiger charge is -1.93. The van der Waals surface area contributed by atoms with Gasteiger partial charge in [-0.3, -0.25) is 24.2 Å². The standard InChI is InChI=1S/C10H11N.C8H9Cl.C8H10O.C8H10.C5H13N3.C5H8N2.C5H13N.3C5H12.C4H9NO.C4H11N.C4H8O2.C4H10S.2C4H10.C3H7NO.C3H9N.C3H6O2.C3H8O.C3H8.C2H7N.C2H6O.C2H6S.C2H6.CH4/c1-2-8-7-11-10-6-4-3-5-9(8)10;1-2-7-4-3-5-8(9)6-7;1-2-7-3-5-8(9)6-4-7;1-2-8-6-4-3-5-7-8;1-2-3-4-8-5(6)7;1-2-5-3-6-4-7-5;1-2-3-4-5-6;2*1-4-5(2)3;1-3-5-4-2;1-2-3-4(5)6;1-2-3-4-5;1-2-3-4(5)6;1-3-4-5-2;1-4(2)3;1-3-4-2;1-2-3(4)5;1-2-3-4;1-2-3(4)5;1-3(2)4;1-3-2;3*1-2-3;1-2;/h3-7,11H,2H2,1H3;3-6H,2H2,1H3;3-6,9H,2H2,1H3;3-7H,2H2,1H3;2-4H2,1H3,(H4,6,7,8);3-4H,2H2,1H3,(H,6,7);2-6H2,1H3;2*5H,4H2,1-3H3;3-5H2,1-2H3;2-3H2,1H3,(H2,5,6);2-5H2,1H3;2-3H2,1H3,(H,5,6);3-4H2,1-2H3;4H,1-3H3;3-4H2,1-2H3;2H2,1H3,(H2,4,5);2-4H2,1H3;2H2,1H3,(H,4,5);3-4H,1-2H3;3H2,1-2H3;2-3H2,1H3;2*3H,2H2,1H3;1-2H3;1H4. The number of H-pyrrole nitrogens is 2. The lowest BCUT2D eigenvalue weighted by atomic mass is 10.1. The Morgan fingerprint density at radius 2 is 0.846 bits per heavy atom. The maximum atomic E-state index is 9.82. The minimum atomic E-state index is -0.745. The van der Waals surface area contributed by atoms with E-state index in [9.17, 15) is 19.2 Å². The Hall–Kier alpha value is -6.67. The van der Waals surface area contributed by atoms with E-state index >= 15 is 0 Å². The number of phenols is 1. The molecule has 0 aliphatic carbocycles. The van der Waals surface area contributed by atoms with E-state index in [1.807, 2.05) is 95.9 Å². The van der Waals surface area contributed by atoms with Crippen LogP contribution in [0.15, 0.2) is 127 Å². The molecule has 21 nitrogen and oxygen atoms in total. The number of phenolic OH excluding ortho intramolecular Hbond substituents is 1. The maximum Gasteiger partial charge on any atom is 0.303 e. The number of aromatic amines is 2. The van der Waals surface area contributed by atoms with Crippen molar-refractivity contribution in [3.8, 4) is 5.75 Å². The lowest BCUT2D eigenvalue weighted by Crippen LogP contribution is -2.22. The third-order valence-corrected chi connectivity index (χ3v) is 15.3. The van der Waals surface area contributed by atoms with E-state index in [1.54, 1.807) is 53.1 Å². The van der Waals surface area contributed by atoms with Crippen LogP contribution in [0.1, 0.15) is 432 Å². The number of para-hydroxylation sites is 1. The van der Waals surface area contributed by atoms with Gasteiger partial charge in [0.15, 0.2) is 5.96 Å². The van der Waals surface area contributed by atoms with E-state index in [4.69, 9.17) is 77.3 Å². The summed E-state index contributed by atoms with van der Waals surface area (Å²) in [6, 6.07) is 34.0. The molecule has 0 saturated heterocycles. The summed E-state index contributed by atoms with van der Waals surface area (Å²) in [7, 11) is 0. The number of rotatable bonds is 27. The number of aliphatic imine (C=N–C) groups is 1. The van der Waals surface area contributed by atoms with Crippen LogP contribution < -0.4 is 45.9 Å². The Morgan fingerprint density at radius 3 is 1.04 bits per heavy atom. The number of nitrogens with two attached hydrogens (primary N) is 8. The summed E-state index contributed by atoms with van der Waals surface area (Å²) in [5.41, 5.74) is 47.6. The van der Waals surface area contributed by atoms with Gasteiger partial charge in [0.05, 0.1) is 6.33 Å². The number of guanidine groups is 1. The molecule has 0 aliphatic rings. The van der Waals surface area contributed by atoms with Crippen LogP contribution in [0.3, 0.4) is 0 Å². The number of aromatic hydroxyl groups is 1. The second-order valence-electron chi connectivity index (χ2n) is 30.5. The molecule has 2 amide bonds. The molecule has 0 aliphatic heterocycles. The Kier molecular flexibility index (Phi) is 232. The van der Waals surface area contributed by atoms with Gasteiger partial charge in [-0.1, -0.05) is 397 Å². The number of carbonyl (C=O) groups excluding carboxylic acids is 2. The Balaban J connectivity index is -0.0000000578. The van der Waals surface area contributed by atoms with Crippen LogP contribution in [-0.4, -0.2) is 133 Å². The number of hydrogen-bond acceptors (Lipinski definition) is 15. The molecule has 6 aromatic rings. The van der Waals surface area contributed by atoms with Gasteiger partial charge in [-0.2, -0.15) is 24.4 Å². The number of unbranched alkanes of at least 4 members (excludes halogenated alkanes) is 7. The number of nitrogens with one attached hydrogen (secondary N) is 2. The van der Waals surface area contributed by atoms with Crippen molar-refractivity contribution in [2.24, 2.45) is 68.6 Å². The van der Waals surface area contributed by atoms with Crippen LogP contribution in [0.4, 0.5) is 0 Å². The number of fused-ring (bicyclic) bond motifs is 1.